The number of ketones is 1. The van der Waals surface area contributed by atoms with Crippen LogP contribution in [0.25, 0.3) is 0 Å². The fraction of sp³-hybridized carbons (Fsp3) is 0.133. The third-order valence-corrected chi connectivity index (χ3v) is 4.14. The lowest BCUT2D eigenvalue weighted by Crippen LogP contribution is -2.24. The molecule has 0 aromatic heterocycles. The summed E-state index contributed by atoms with van der Waals surface area (Å²) in [6.07, 6.45) is -0.787. The van der Waals surface area contributed by atoms with E-state index in [1.54, 1.807) is 22.6 Å². The van der Waals surface area contributed by atoms with Gasteiger partial charge >= 0.3 is 5.92 Å². The van der Waals surface area contributed by atoms with Crippen molar-refractivity contribution in [2.45, 2.75) is 12.3 Å². The van der Waals surface area contributed by atoms with Crippen LogP contribution in [-0.4, -0.2) is 11.7 Å². The maximum atomic E-state index is 13.6. The van der Waals surface area contributed by atoms with Gasteiger partial charge in [0.2, 0.25) is 5.78 Å². The fourth-order valence-corrected chi connectivity index (χ4v) is 3.07. The Bertz CT molecular complexity index is 769. The molecule has 0 aliphatic heterocycles. The van der Waals surface area contributed by atoms with Crippen molar-refractivity contribution in [1.82, 2.24) is 0 Å². The first kappa shape index (κ1) is 15.3. The highest BCUT2D eigenvalue weighted by atomic mass is 127. The lowest BCUT2D eigenvalue weighted by Gasteiger charge is -2.11. The Morgan fingerprint density at radius 1 is 1.09 bits per heavy atom. The van der Waals surface area contributed by atoms with Crippen LogP contribution in [0.2, 0.25) is 0 Å². The topological polar surface area (TPSA) is 26.3 Å². The molecule has 22 heavy (non-hydrogen) atoms. The number of hydrogen-bond donors (Lipinski definition) is 0. The Labute approximate surface area is 136 Å². The average molecular weight is 422 g/mol. The van der Waals surface area contributed by atoms with Gasteiger partial charge < -0.3 is 4.74 Å². The van der Waals surface area contributed by atoms with Crippen molar-refractivity contribution in [3.8, 4) is 11.5 Å². The van der Waals surface area contributed by atoms with E-state index in [0.29, 0.717) is 9.64 Å². The van der Waals surface area contributed by atoms with Gasteiger partial charge in [-0.05, 0) is 34.7 Å². The van der Waals surface area contributed by atoms with Crippen molar-refractivity contribution in [3.63, 3.8) is 0 Å². The molecule has 0 unspecified atom stereocenters. The molecule has 2 aromatic carbocycles. The summed E-state index contributed by atoms with van der Waals surface area (Å²) in [6, 6.07) is 5.38. The maximum absolute atomic E-state index is 13.6. The highest BCUT2D eigenvalue weighted by Gasteiger charge is 2.49. The Kier molecular flexibility index (Phi) is 3.62. The second-order valence-corrected chi connectivity index (χ2v) is 5.98. The third kappa shape index (κ3) is 2.57. The number of benzene rings is 2. The van der Waals surface area contributed by atoms with E-state index in [2.05, 4.69) is 0 Å². The molecule has 1 aliphatic carbocycles. The third-order valence-electron chi connectivity index (χ3n) is 3.24. The highest BCUT2D eigenvalue weighted by Crippen LogP contribution is 2.42. The zero-order valence-electron chi connectivity index (χ0n) is 10.8. The number of rotatable bonds is 2. The molecule has 0 saturated heterocycles. The number of ether oxygens (including phenoxy) is 1. The molecular formula is C15H7F4IO2. The van der Waals surface area contributed by atoms with E-state index in [1.165, 1.54) is 12.1 Å². The molecule has 2 nitrogen and oxygen atoms in total. The Hall–Kier alpha value is -1.64. The van der Waals surface area contributed by atoms with Gasteiger partial charge in [-0.1, -0.05) is 0 Å². The van der Waals surface area contributed by atoms with Crippen molar-refractivity contribution in [1.29, 1.82) is 0 Å². The standard InChI is InChI=1S/C15H7F4IO2/c16-7-3-8(17)5-9(4-7)22-12-2-1-11(20)13-10(12)6-15(18,19)14(13)21/h1-5H,6H2. The van der Waals surface area contributed by atoms with Crippen LogP contribution in [0.1, 0.15) is 15.9 Å². The minimum absolute atomic E-state index is 0.00839. The molecule has 0 heterocycles. The van der Waals surface area contributed by atoms with Gasteiger partial charge in [0.15, 0.2) is 0 Å². The van der Waals surface area contributed by atoms with Crippen LogP contribution in [0.3, 0.4) is 0 Å². The molecule has 0 bridgehead atoms. The van der Waals surface area contributed by atoms with Gasteiger partial charge in [-0.2, -0.15) is 8.78 Å². The van der Waals surface area contributed by atoms with Crippen molar-refractivity contribution in [2.75, 3.05) is 0 Å². The van der Waals surface area contributed by atoms with Crippen LogP contribution in [0.15, 0.2) is 30.3 Å². The fourth-order valence-electron chi connectivity index (χ4n) is 2.32. The molecule has 0 amide bonds. The number of carbonyl (C=O) groups is 1. The molecule has 0 saturated carbocycles. The van der Waals surface area contributed by atoms with Gasteiger partial charge in [-0.15, -0.1) is 0 Å². The molecular weight excluding hydrogens is 415 g/mol. The summed E-state index contributed by atoms with van der Waals surface area (Å²) in [5.41, 5.74) is -0.0495. The van der Waals surface area contributed by atoms with Gasteiger partial charge in [0.05, 0.1) is 0 Å². The molecule has 0 fully saturated rings. The smallest absolute Gasteiger partial charge is 0.313 e. The van der Waals surface area contributed by atoms with Crippen LogP contribution in [0.5, 0.6) is 11.5 Å². The zero-order valence-corrected chi connectivity index (χ0v) is 13.0. The summed E-state index contributed by atoms with van der Waals surface area (Å²) in [6.45, 7) is 0. The summed E-state index contributed by atoms with van der Waals surface area (Å²) in [5.74, 6) is -6.62. The predicted molar refractivity (Wildman–Crippen MR) is 78.6 cm³/mol. The number of hydrogen-bond acceptors (Lipinski definition) is 2. The number of alkyl halides is 2. The summed E-state index contributed by atoms with van der Waals surface area (Å²) in [7, 11) is 0. The van der Waals surface area contributed by atoms with Crippen molar-refractivity contribution >= 4 is 28.4 Å². The summed E-state index contributed by atoms with van der Waals surface area (Å²) in [5, 5.41) is 0. The van der Waals surface area contributed by atoms with E-state index >= 15 is 0 Å². The number of fused-ring (bicyclic) bond motifs is 1. The summed E-state index contributed by atoms with van der Waals surface area (Å²) in [4.78, 5) is 11.7. The Morgan fingerprint density at radius 3 is 2.36 bits per heavy atom. The van der Waals surface area contributed by atoms with E-state index < -0.39 is 29.8 Å². The first-order valence-electron chi connectivity index (χ1n) is 6.16. The molecule has 2 aromatic rings. The van der Waals surface area contributed by atoms with Crippen LogP contribution in [0, 0.1) is 15.2 Å². The van der Waals surface area contributed by atoms with E-state index in [1.807, 2.05) is 0 Å². The molecule has 114 valence electrons. The van der Waals surface area contributed by atoms with Gasteiger partial charge in [0, 0.05) is 39.3 Å². The first-order valence-corrected chi connectivity index (χ1v) is 7.24. The van der Waals surface area contributed by atoms with Crippen molar-refractivity contribution in [3.05, 3.63) is 56.7 Å². The molecule has 0 atom stereocenters. The van der Waals surface area contributed by atoms with Crippen molar-refractivity contribution in [2.24, 2.45) is 0 Å². The average Bonchev–Trinajstić information content (AvgIpc) is 2.64. The lowest BCUT2D eigenvalue weighted by atomic mass is 10.1. The number of halogens is 5. The minimum Gasteiger partial charge on any atom is -0.457 e. The van der Waals surface area contributed by atoms with E-state index in [0.717, 1.165) is 12.1 Å². The molecule has 0 spiro atoms. The van der Waals surface area contributed by atoms with Crippen LogP contribution < -0.4 is 4.74 Å². The van der Waals surface area contributed by atoms with Gasteiger partial charge in [-0.25, -0.2) is 8.78 Å². The highest BCUT2D eigenvalue weighted by molar-refractivity contribution is 14.1. The predicted octanol–water partition coefficient (Wildman–Crippen LogP) is 4.74. The first-order chi connectivity index (χ1) is 10.3. The summed E-state index contributed by atoms with van der Waals surface area (Å²) < 4.78 is 59.3. The van der Waals surface area contributed by atoms with E-state index in [4.69, 9.17) is 4.74 Å². The second-order valence-electron chi connectivity index (χ2n) is 4.82. The van der Waals surface area contributed by atoms with Crippen LogP contribution in [-0.2, 0) is 6.42 Å². The molecule has 7 heteroatoms. The van der Waals surface area contributed by atoms with Gasteiger partial charge in [-0.3, -0.25) is 4.79 Å². The lowest BCUT2D eigenvalue weighted by molar-refractivity contribution is 0.0166. The summed E-state index contributed by atoms with van der Waals surface area (Å²) >= 11 is 1.79. The number of Topliss-reactive ketones (excluding diaryl/α,β-unsaturated/α-hetero) is 1. The molecule has 3 rings (SSSR count). The molecule has 1 aliphatic rings. The Morgan fingerprint density at radius 2 is 1.73 bits per heavy atom. The maximum Gasteiger partial charge on any atom is 0.313 e. The molecule has 0 N–H and O–H groups in total. The monoisotopic (exact) mass is 422 g/mol. The van der Waals surface area contributed by atoms with E-state index in [9.17, 15) is 22.4 Å². The largest absolute Gasteiger partial charge is 0.457 e. The zero-order chi connectivity index (χ0) is 16.1. The van der Waals surface area contributed by atoms with Gasteiger partial charge in [0.1, 0.15) is 23.1 Å². The number of carbonyl (C=O) groups excluding carboxylic acids is 1. The van der Waals surface area contributed by atoms with E-state index in [-0.39, 0.29) is 22.6 Å². The Balaban J connectivity index is 2.06. The molecule has 0 radical (unpaired) electrons. The minimum atomic E-state index is -3.49. The van der Waals surface area contributed by atoms with Crippen molar-refractivity contribution < 1.29 is 27.1 Å². The quantitative estimate of drug-likeness (QED) is 0.517. The second kappa shape index (κ2) is 5.22. The normalized spacial score (nSPS) is 15.8. The SMILES string of the molecule is O=C1c2c(I)ccc(Oc3cc(F)cc(F)c3)c2CC1(F)F. The van der Waals surface area contributed by atoms with Gasteiger partial charge in [0.25, 0.3) is 0 Å². The van der Waals surface area contributed by atoms with Crippen LogP contribution >= 0.6 is 22.6 Å². The van der Waals surface area contributed by atoms with Crippen LogP contribution in [0.4, 0.5) is 17.6 Å².